The van der Waals surface area contributed by atoms with E-state index in [4.69, 9.17) is 16.9 Å². The summed E-state index contributed by atoms with van der Waals surface area (Å²) in [6.45, 7) is 2.27. The van der Waals surface area contributed by atoms with E-state index >= 15 is 0 Å². The van der Waals surface area contributed by atoms with Crippen molar-refractivity contribution in [1.29, 1.82) is 5.26 Å². The van der Waals surface area contributed by atoms with Crippen LogP contribution in [0.1, 0.15) is 56.5 Å². The molecule has 21 heavy (non-hydrogen) atoms. The molecule has 2 atom stereocenters. The summed E-state index contributed by atoms with van der Waals surface area (Å²) in [5, 5.41) is 9.15. The maximum Gasteiger partial charge on any atom is 0.125 e. The Morgan fingerprint density at radius 3 is 2.90 bits per heavy atom. The van der Waals surface area contributed by atoms with E-state index in [9.17, 15) is 0 Å². The monoisotopic (exact) mass is 301 g/mol. The van der Waals surface area contributed by atoms with E-state index in [0.717, 1.165) is 16.9 Å². The molecule has 1 aromatic carbocycles. The summed E-state index contributed by atoms with van der Waals surface area (Å²) in [5.74, 6) is 2.04. The summed E-state index contributed by atoms with van der Waals surface area (Å²) in [6.07, 6.45) is 6.23. The van der Waals surface area contributed by atoms with Crippen LogP contribution in [0.5, 0.6) is 0 Å². The molecule has 1 aliphatic rings. The maximum atomic E-state index is 9.15. The largest absolute Gasteiger partial charge is 0.324 e. The third-order valence-corrected chi connectivity index (χ3v) is 4.98. The number of benzene rings is 1. The van der Waals surface area contributed by atoms with Gasteiger partial charge in [-0.1, -0.05) is 26.2 Å². The number of hydrogen-bond acceptors (Lipinski definition) is 2. The number of alkyl halides is 1. The van der Waals surface area contributed by atoms with E-state index in [1.165, 1.54) is 32.1 Å². The molecule has 0 N–H and O–H groups in total. The molecule has 3 nitrogen and oxygen atoms in total. The van der Waals surface area contributed by atoms with Gasteiger partial charge >= 0.3 is 0 Å². The van der Waals surface area contributed by atoms with Gasteiger partial charge in [0.25, 0.3) is 0 Å². The van der Waals surface area contributed by atoms with E-state index in [2.05, 4.69) is 22.5 Å². The molecule has 2 aromatic rings. The first-order valence-electron chi connectivity index (χ1n) is 7.75. The summed E-state index contributed by atoms with van der Waals surface area (Å²) in [4.78, 5) is 4.67. The van der Waals surface area contributed by atoms with Gasteiger partial charge in [0, 0.05) is 6.04 Å². The summed E-state index contributed by atoms with van der Waals surface area (Å²) < 4.78 is 2.32. The standard InChI is InChI=1S/C17H20ClN3/c1-2-13-5-3-4-6-15(13)21-16-9-12(11-19)7-8-14(16)20-17(21)10-18/h7-9,13,15H,2-6,10H2,1H3. The topological polar surface area (TPSA) is 41.6 Å². The molecule has 0 spiro atoms. The third-order valence-electron chi connectivity index (χ3n) is 4.74. The van der Waals surface area contributed by atoms with Crippen molar-refractivity contribution in [1.82, 2.24) is 9.55 Å². The highest BCUT2D eigenvalue weighted by molar-refractivity contribution is 6.16. The number of imidazole rings is 1. The minimum absolute atomic E-state index is 0.420. The second-order valence-corrected chi connectivity index (χ2v) is 6.13. The average molecular weight is 302 g/mol. The van der Waals surface area contributed by atoms with Gasteiger partial charge in [-0.05, 0) is 37.0 Å². The van der Waals surface area contributed by atoms with Gasteiger partial charge in [0.15, 0.2) is 0 Å². The number of fused-ring (bicyclic) bond motifs is 1. The molecule has 2 unspecified atom stereocenters. The van der Waals surface area contributed by atoms with Gasteiger partial charge in [0.1, 0.15) is 5.82 Å². The SMILES string of the molecule is CCC1CCCCC1n1c(CCl)nc2ccc(C#N)cc21. The lowest BCUT2D eigenvalue weighted by Gasteiger charge is -2.33. The fraction of sp³-hybridized carbons (Fsp3) is 0.529. The van der Waals surface area contributed by atoms with Crippen LogP contribution in [0.25, 0.3) is 11.0 Å². The van der Waals surface area contributed by atoms with Crippen LogP contribution >= 0.6 is 11.6 Å². The maximum absolute atomic E-state index is 9.15. The Morgan fingerprint density at radius 2 is 2.19 bits per heavy atom. The van der Waals surface area contributed by atoms with Gasteiger partial charge in [-0.15, -0.1) is 11.6 Å². The molecule has 0 saturated heterocycles. The number of halogens is 1. The Balaban J connectivity index is 2.16. The Morgan fingerprint density at radius 1 is 1.38 bits per heavy atom. The highest BCUT2D eigenvalue weighted by Crippen LogP contribution is 2.39. The Bertz CT molecular complexity index is 683. The van der Waals surface area contributed by atoms with Crippen molar-refractivity contribution in [2.24, 2.45) is 5.92 Å². The van der Waals surface area contributed by atoms with Gasteiger partial charge in [-0.2, -0.15) is 5.26 Å². The predicted octanol–water partition coefficient (Wildman–Crippen LogP) is 4.79. The molecule has 1 aliphatic carbocycles. The summed E-state index contributed by atoms with van der Waals surface area (Å²) >= 11 is 6.14. The van der Waals surface area contributed by atoms with Crippen LogP contribution in [-0.4, -0.2) is 9.55 Å². The fourth-order valence-electron chi connectivity index (χ4n) is 3.68. The summed E-state index contributed by atoms with van der Waals surface area (Å²) in [7, 11) is 0. The quantitative estimate of drug-likeness (QED) is 0.765. The molecule has 110 valence electrons. The van der Waals surface area contributed by atoms with Crippen LogP contribution in [0, 0.1) is 17.2 Å². The molecule has 1 heterocycles. The molecular formula is C17H20ClN3. The minimum Gasteiger partial charge on any atom is -0.324 e. The van der Waals surface area contributed by atoms with Crippen molar-refractivity contribution in [2.75, 3.05) is 0 Å². The second kappa shape index (κ2) is 6.07. The molecule has 0 bridgehead atoms. The van der Waals surface area contributed by atoms with Crippen molar-refractivity contribution < 1.29 is 0 Å². The highest BCUT2D eigenvalue weighted by atomic mass is 35.5. The van der Waals surface area contributed by atoms with Crippen molar-refractivity contribution in [3.63, 3.8) is 0 Å². The second-order valence-electron chi connectivity index (χ2n) is 5.87. The first-order chi connectivity index (χ1) is 10.3. The Labute approximate surface area is 130 Å². The smallest absolute Gasteiger partial charge is 0.125 e. The predicted molar refractivity (Wildman–Crippen MR) is 85.3 cm³/mol. The zero-order chi connectivity index (χ0) is 14.8. The minimum atomic E-state index is 0.420. The van der Waals surface area contributed by atoms with E-state index in [1.807, 2.05) is 18.2 Å². The molecule has 1 saturated carbocycles. The number of rotatable bonds is 3. The third kappa shape index (κ3) is 2.53. The van der Waals surface area contributed by atoms with Gasteiger partial charge in [0.05, 0.1) is 28.5 Å². The average Bonchev–Trinajstić information content (AvgIpc) is 2.92. The van der Waals surface area contributed by atoms with Gasteiger partial charge in [-0.25, -0.2) is 4.98 Å². The molecule has 0 amide bonds. The van der Waals surface area contributed by atoms with Crippen molar-refractivity contribution >= 4 is 22.6 Å². The summed E-state index contributed by atoms with van der Waals surface area (Å²) in [5.41, 5.74) is 2.70. The van der Waals surface area contributed by atoms with Crippen LogP contribution in [0.15, 0.2) is 18.2 Å². The normalized spacial score (nSPS) is 22.3. The molecule has 1 fully saturated rings. The molecular weight excluding hydrogens is 282 g/mol. The molecule has 1 aromatic heterocycles. The van der Waals surface area contributed by atoms with Gasteiger partial charge in [0.2, 0.25) is 0 Å². The lowest BCUT2D eigenvalue weighted by molar-refractivity contribution is 0.234. The Kier molecular flexibility index (Phi) is 4.17. The number of aromatic nitrogens is 2. The van der Waals surface area contributed by atoms with E-state index in [-0.39, 0.29) is 0 Å². The van der Waals surface area contributed by atoms with E-state index in [1.54, 1.807) is 0 Å². The van der Waals surface area contributed by atoms with Gasteiger partial charge < -0.3 is 4.57 Å². The first-order valence-corrected chi connectivity index (χ1v) is 8.28. The molecule has 0 radical (unpaired) electrons. The molecule has 0 aliphatic heterocycles. The number of hydrogen-bond donors (Lipinski definition) is 0. The van der Waals surface area contributed by atoms with Gasteiger partial charge in [-0.3, -0.25) is 0 Å². The zero-order valence-corrected chi connectivity index (χ0v) is 13.1. The summed E-state index contributed by atoms with van der Waals surface area (Å²) in [6, 6.07) is 8.42. The van der Waals surface area contributed by atoms with Crippen molar-refractivity contribution in [3.05, 3.63) is 29.6 Å². The van der Waals surface area contributed by atoms with E-state index in [0.29, 0.717) is 23.4 Å². The van der Waals surface area contributed by atoms with Crippen LogP contribution in [0.2, 0.25) is 0 Å². The van der Waals surface area contributed by atoms with Crippen LogP contribution in [0.3, 0.4) is 0 Å². The van der Waals surface area contributed by atoms with Crippen LogP contribution in [-0.2, 0) is 5.88 Å². The number of nitrogens with zero attached hydrogens (tertiary/aromatic N) is 3. The first kappa shape index (κ1) is 14.4. The van der Waals surface area contributed by atoms with Crippen molar-refractivity contribution in [3.8, 4) is 6.07 Å². The number of nitriles is 1. The Hall–Kier alpha value is -1.53. The molecule has 4 heteroatoms. The highest BCUT2D eigenvalue weighted by Gasteiger charge is 2.28. The fourth-order valence-corrected chi connectivity index (χ4v) is 3.87. The van der Waals surface area contributed by atoms with Crippen molar-refractivity contribution in [2.45, 2.75) is 50.9 Å². The zero-order valence-electron chi connectivity index (χ0n) is 12.3. The lowest BCUT2D eigenvalue weighted by atomic mass is 9.82. The van der Waals surface area contributed by atoms with Crippen LogP contribution < -0.4 is 0 Å². The van der Waals surface area contributed by atoms with Crippen LogP contribution in [0.4, 0.5) is 0 Å². The lowest BCUT2D eigenvalue weighted by Crippen LogP contribution is -2.24. The van der Waals surface area contributed by atoms with E-state index < -0.39 is 0 Å². The molecule has 3 rings (SSSR count).